The molecule has 0 radical (unpaired) electrons. The van der Waals surface area contributed by atoms with Gasteiger partial charge in [0.2, 0.25) is 0 Å². The van der Waals surface area contributed by atoms with Crippen molar-refractivity contribution in [2.45, 2.75) is 31.8 Å². The van der Waals surface area contributed by atoms with Crippen LogP contribution in [0.3, 0.4) is 0 Å². The van der Waals surface area contributed by atoms with Gasteiger partial charge in [-0.15, -0.1) is 0 Å². The van der Waals surface area contributed by atoms with Crippen molar-refractivity contribution in [1.29, 1.82) is 0 Å². The fourth-order valence-corrected chi connectivity index (χ4v) is 2.23. The SMILES string of the molecule is COC(=O)[C@H]1CCCCN1Cc1ncnn1C. The summed E-state index contributed by atoms with van der Waals surface area (Å²) in [6, 6.07) is -0.134. The predicted octanol–water partition coefficient (Wildman–Crippen LogP) is 0.343. The largest absolute Gasteiger partial charge is 0.468 e. The minimum absolute atomic E-state index is 0.134. The summed E-state index contributed by atoms with van der Waals surface area (Å²) in [4.78, 5) is 18.0. The number of piperidine rings is 1. The molecule has 17 heavy (non-hydrogen) atoms. The predicted molar refractivity (Wildman–Crippen MR) is 61.1 cm³/mol. The van der Waals surface area contributed by atoms with Gasteiger partial charge in [-0.25, -0.2) is 4.98 Å². The van der Waals surface area contributed by atoms with Crippen LogP contribution in [0.5, 0.6) is 0 Å². The maximum atomic E-state index is 11.7. The van der Waals surface area contributed by atoms with Crippen LogP contribution >= 0.6 is 0 Å². The normalized spacial score (nSPS) is 21.4. The van der Waals surface area contributed by atoms with E-state index in [9.17, 15) is 4.79 Å². The Morgan fingerprint density at radius 1 is 1.59 bits per heavy atom. The molecule has 6 nitrogen and oxygen atoms in total. The number of carbonyl (C=O) groups is 1. The molecule has 2 heterocycles. The average Bonchev–Trinajstić information content (AvgIpc) is 2.75. The second-order valence-electron chi connectivity index (χ2n) is 4.31. The van der Waals surface area contributed by atoms with Crippen LogP contribution < -0.4 is 0 Å². The van der Waals surface area contributed by atoms with Gasteiger partial charge in [-0.2, -0.15) is 5.10 Å². The molecule has 6 heteroatoms. The summed E-state index contributed by atoms with van der Waals surface area (Å²) in [5.41, 5.74) is 0. The molecule has 0 aliphatic carbocycles. The van der Waals surface area contributed by atoms with Crippen molar-refractivity contribution in [3.05, 3.63) is 12.2 Å². The highest BCUT2D eigenvalue weighted by Gasteiger charge is 2.30. The van der Waals surface area contributed by atoms with Gasteiger partial charge < -0.3 is 4.74 Å². The third-order valence-electron chi connectivity index (χ3n) is 3.24. The second kappa shape index (κ2) is 5.27. The lowest BCUT2D eigenvalue weighted by molar-refractivity contribution is -0.148. The highest BCUT2D eigenvalue weighted by molar-refractivity contribution is 5.75. The molecular weight excluding hydrogens is 220 g/mol. The zero-order valence-corrected chi connectivity index (χ0v) is 10.3. The molecular formula is C11H18N4O2. The van der Waals surface area contributed by atoms with Gasteiger partial charge >= 0.3 is 5.97 Å². The Morgan fingerprint density at radius 2 is 2.41 bits per heavy atom. The minimum atomic E-state index is -0.146. The van der Waals surface area contributed by atoms with E-state index in [-0.39, 0.29) is 12.0 Å². The van der Waals surface area contributed by atoms with E-state index in [0.29, 0.717) is 6.54 Å². The van der Waals surface area contributed by atoms with Gasteiger partial charge in [0.15, 0.2) is 0 Å². The summed E-state index contributed by atoms with van der Waals surface area (Å²) < 4.78 is 6.58. The van der Waals surface area contributed by atoms with Gasteiger partial charge in [-0.1, -0.05) is 6.42 Å². The van der Waals surface area contributed by atoms with Crippen molar-refractivity contribution in [3.8, 4) is 0 Å². The molecule has 0 spiro atoms. The highest BCUT2D eigenvalue weighted by Crippen LogP contribution is 2.19. The van der Waals surface area contributed by atoms with Gasteiger partial charge in [0.1, 0.15) is 18.2 Å². The Bertz CT molecular complexity index is 391. The van der Waals surface area contributed by atoms with E-state index in [4.69, 9.17) is 4.74 Å². The second-order valence-corrected chi connectivity index (χ2v) is 4.31. The molecule has 94 valence electrons. The fourth-order valence-electron chi connectivity index (χ4n) is 2.23. The highest BCUT2D eigenvalue weighted by atomic mass is 16.5. The van der Waals surface area contributed by atoms with E-state index < -0.39 is 0 Å². The first-order valence-corrected chi connectivity index (χ1v) is 5.87. The number of likely N-dealkylation sites (tertiary alicyclic amines) is 1. The third kappa shape index (κ3) is 2.63. The average molecular weight is 238 g/mol. The van der Waals surface area contributed by atoms with E-state index >= 15 is 0 Å². The van der Waals surface area contributed by atoms with Crippen LogP contribution in [0, 0.1) is 0 Å². The molecule has 1 saturated heterocycles. The number of rotatable bonds is 3. The summed E-state index contributed by atoms with van der Waals surface area (Å²) in [5, 5.41) is 4.03. The molecule has 1 aliphatic rings. The number of hydrogen-bond donors (Lipinski definition) is 0. The van der Waals surface area contributed by atoms with E-state index in [1.165, 1.54) is 13.4 Å². The van der Waals surface area contributed by atoms with Crippen LogP contribution in [0.4, 0.5) is 0 Å². The van der Waals surface area contributed by atoms with Crippen LogP contribution in [0.15, 0.2) is 6.33 Å². The number of hydrogen-bond acceptors (Lipinski definition) is 5. The standard InChI is InChI=1S/C11H18N4O2/c1-14-10(12-8-13-14)7-15-6-4-3-5-9(15)11(16)17-2/h8-9H,3-7H2,1-2H3/t9-/m1/s1. The smallest absolute Gasteiger partial charge is 0.323 e. The molecule has 0 unspecified atom stereocenters. The maximum Gasteiger partial charge on any atom is 0.323 e. The Labute approximate surface area is 101 Å². The Hall–Kier alpha value is -1.43. The molecule has 0 saturated carbocycles. The molecule has 1 aliphatic heterocycles. The van der Waals surface area contributed by atoms with Gasteiger partial charge in [0.25, 0.3) is 0 Å². The van der Waals surface area contributed by atoms with E-state index in [0.717, 1.165) is 31.6 Å². The first-order chi connectivity index (χ1) is 8.22. The molecule has 1 aromatic heterocycles. The summed E-state index contributed by atoms with van der Waals surface area (Å²) >= 11 is 0. The number of ether oxygens (including phenoxy) is 1. The summed E-state index contributed by atoms with van der Waals surface area (Å²) in [7, 11) is 3.30. The minimum Gasteiger partial charge on any atom is -0.468 e. The number of methoxy groups -OCH3 is 1. The van der Waals surface area contributed by atoms with Gasteiger partial charge in [0, 0.05) is 7.05 Å². The van der Waals surface area contributed by atoms with Crippen molar-refractivity contribution in [1.82, 2.24) is 19.7 Å². The van der Waals surface area contributed by atoms with Crippen LogP contribution in [0.25, 0.3) is 0 Å². The van der Waals surface area contributed by atoms with Gasteiger partial charge in [0.05, 0.1) is 13.7 Å². The molecule has 1 atom stereocenters. The molecule has 0 amide bonds. The number of nitrogens with zero attached hydrogens (tertiary/aromatic N) is 4. The van der Waals surface area contributed by atoms with E-state index in [1.54, 1.807) is 4.68 Å². The van der Waals surface area contributed by atoms with Crippen LogP contribution in [-0.4, -0.2) is 45.3 Å². The van der Waals surface area contributed by atoms with Crippen LogP contribution in [-0.2, 0) is 23.1 Å². The van der Waals surface area contributed by atoms with Crippen molar-refractivity contribution < 1.29 is 9.53 Å². The van der Waals surface area contributed by atoms with Crippen LogP contribution in [0.2, 0.25) is 0 Å². The number of carbonyl (C=O) groups excluding carboxylic acids is 1. The van der Waals surface area contributed by atoms with Gasteiger partial charge in [-0.05, 0) is 19.4 Å². The van der Waals surface area contributed by atoms with Crippen LogP contribution in [0.1, 0.15) is 25.1 Å². The molecule has 0 N–H and O–H groups in total. The Balaban J connectivity index is 2.06. The lowest BCUT2D eigenvalue weighted by Crippen LogP contribution is -2.45. The molecule has 0 aromatic carbocycles. The monoisotopic (exact) mass is 238 g/mol. The lowest BCUT2D eigenvalue weighted by Gasteiger charge is -2.33. The first-order valence-electron chi connectivity index (χ1n) is 5.87. The van der Waals surface area contributed by atoms with E-state index in [2.05, 4.69) is 15.0 Å². The summed E-state index contributed by atoms with van der Waals surface area (Å²) in [6.07, 6.45) is 4.59. The van der Waals surface area contributed by atoms with E-state index in [1.807, 2.05) is 7.05 Å². The number of aryl methyl sites for hydroxylation is 1. The summed E-state index contributed by atoms with van der Waals surface area (Å²) in [5.74, 6) is 0.729. The first kappa shape index (κ1) is 12.0. The summed E-state index contributed by atoms with van der Waals surface area (Å²) in [6.45, 7) is 1.56. The number of esters is 1. The zero-order valence-electron chi connectivity index (χ0n) is 10.3. The van der Waals surface area contributed by atoms with Crippen molar-refractivity contribution >= 4 is 5.97 Å². The molecule has 0 bridgehead atoms. The van der Waals surface area contributed by atoms with Gasteiger partial charge in [-0.3, -0.25) is 14.4 Å². The Kier molecular flexibility index (Phi) is 3.73. The fraction of sp³-hybridized carbons (Fsp3) is 0.727. The lowest BCUT2D eigenvalue weighted by atomic mass is 10.0. The zero-order chi connectivity index (χ0) is 12.3. The van der Waals surface area contributed by atoms with Crippen molar-refractivity contribution in [2.24, 2.45) is 7.05 Å². The third-order valence-corrected chi connectivity index (χ3v) is 3.24. The molecule has 2 rings (SSSR count). The maximum absolute atomic E-state index is 11.7. The molecule has 1 aromatic rings. The topological polar surface area (TPSA) is 60.2 Å². The number of aromatic nitrogens is 3. The van der Waals surface area contributed by atoms with Crippen molar-refractivity contribution in [2.75, 3.05) is 13.7 Å². The Morgan fingerprint density at radius 3 is 3.06 bits per heavy atom. The van der Waals surface area contributed by atoms with Crippen molar-refractivity contribution in [3.63, 3.8) is 0 Å². The molecule has 1 fully saturated rings. The quantitative estimate of drug-likeness (QED) is 0.711.